The first-order valence-corrected chi connectivity index (χ1v) is 6.64. The van der Waals surface area contributed by atoms with Crippen LogP contribution in [0.5, 0.6) is 5.75 Å². The Balaban J connectivity index is 2.29. The van der Waals surface area contributed by atoms with E-state index in [0.29, 0.717) is 20.8 Å². The highest BCUT2D eigenvalue weighted by atomic mass is 79.9. The first kappa shape index (κ1) is 13.9. The minimum absolute atomic E-state index is 0.431. The largest absolute Gasteiger partial charge is 0.478 e. The predicted molar refractivity (Wildman–Crippen MR) is 76.6 cm³/mol. The van der Waals surface area contributed by atoms with Crippen LogP contribution in [0.25, 0.3) is 0 Å². The Bertz CT molecular complexity index is 586. The van der Waals surface area contributed by atoms with Gasteiger partial charge >= 0.3 is 5.97 Å². The third-order valence-corrected chi connectivity index (χ3v) is 3.32. The van der Waals surface area contributed by atoms with Crippen LogP contribution in [0.1, 0.15) is 11.7 Å². The van der Waals surface area contributed by atoms with Gasteiger partial charge in [0.2, 0.25) is 6.10 Å². The van der Waals surface area contributed by atoms with E-state index in [1.54, 1.807) is 42.5 Å². The molecule has 2 aromatic carbocycles. The molecule has 1 N–H and O–H groups in total. The number of hydrogen-bond donors (Lipinski definition) is 1. The van der Waals surface area contributed by atoms with E-state index < -0.39 is 12.1 Å². The molecule has 19 heavy (non-hydrogen) atoms. The van der Waals surface area contributed by atoms with Crippen molar-refractivity contribution in [2.45, 2.75) is 6.10 Å². The number of carboxylic acids is 1. The molecule has 0 heterocycles. The van der Waals surface area contributed by atoms with Crippen LogP contribution >= 0.6 is 27.5 Å². The van der Waals surface area contributed by atoms with Crippen molar-refractivity contribution in [2.24, 2.45) is 0 Å². The van der Waals surface area contributed by atoms with Gasteiger partial charge in [0.1, 0.15) is 5.75 Å². The van der Waals surface area contributed by atoms with Crippen molar-refractivity contribution in [3.05, 3.63) is 63.6 Å². The molecule has 0 aliphatic rings. The number of halogens is 2. The van der Waals surface area contributed by atoms with Gasteiger partial charge in [-0.3, -0.25) is 0 Å². The Morgan fingerprint density at radius 2 is 1.89 bits per heavy atom. The topological polar surface area (TPSA) is 46.5 Å². The van der Waals surface area contributed by atoms with Gasteiger partial charge in [0, 0.05) is 10.6 Å². The van der Waals surface area contributed by atoms with Crippen molar-refractivity contribution in [2.75, 3.05) is 0 Å². The number of carboxylic acid groups (broad SMARTS) is 1. The summed E-state index contributed by atoms with van der Waals surface area (Å²) in [7, 11) is 0. The first-order chi connectivity index (χ1) is 9.08. The molecule has 3 nitrogen and oxygen atoms in total. The lowest BCUT2D eigenvalue weighted by molar-refractivity contribution is -0.145. The zero-order valence-corrected chi connectivity index (χ0v) is 12.1. The Morgan fingerprint density at radius 1 is 1.21 bits per heavy atom. The SMILES string of the molecule is O=C(O)[C@H](Oc1ccc(Cl)cc1Br)c1ccccc1. The zero-order chi connectivity index (χ0) is 13.8. The molecule has 2 rings (SSSR count). The van der Waals surface area contributed by atoms with Crippen molar-refractivity contribution >= 4 is 33.5 Å². The van der Waals surface area contributed by atoms with Crippen LogP contribution < -0.4 is 4.74 Å². The third-order valence-electron chi connectivity index (χ3n) is 2.47. The average Bonchev–Trinajstić information content (AvgIpc) is 2.38. The van der Waals surface area contributed by atoms with Gasteiger partial charge in [0.05, 0.1) is 4.47 Å². The standard InChI is InChI=1S/C14H10BrClO3/c15-11-8-10(16)6-7-12(11)19-13(14(17)18)9-4-2-1-3-5-9/h1-8,13H,(H,17,18)/t13-/m1/s1. The van der Waals surface area contributed by atoms with E-state index in [4.69, 9.17) is 16.3 Å². The number of rotatable bonds is 4. The van der Waals surface area contributed by atoms with Gasteiger partial charge in [-0.25, -0.2) is 4.79 Å². The molecule has 5 heteroatoms. The van der Waals surface area contributed by atoms with Crippen LogP contribution in [-0.2, 0) is 4.79 Å². The predicted octanol–water partition coefficient (Wildman–Crippen LogP) is 4.31. The molecule has 0 saturated heterocycles. The van der Waals surface area contributed by atoms with E-state index in [1.807, 2.05) is 6.07 Å². The van der Waals surface area contributed by atoms with Gasteiger partial charge in [0.15, 0.2) is 0 Å². The summed E-state index contributed by atoms with van der Waals surface area (Å²) in [5.74, 6) is -0.617. The fourth-order valence-electron chi connectivity index (χ4n) is 1.59. The molecule has 0 amide bonds. The lowest BCUT2D eigenvalue weighted by Crippen LogP contribution is -2.18. The average molecular weight is 342 g/mol. The molecule has 0 unspecified atom stereocenters. The lowest BCUT2D eigenvalue weighted by Gasteiger charge is -2.16. The number of hydrogen-bond acceptors (Lipinski definition) is 2. The molecule has 0 aliphatic heterocycles. The van der Waals surface area contributed by atoms with Crippen molar-refractivity contribution in [1.82, 2.24) is 0 Å². The van der Waals surface area contributed by atoms with Gasteiger partial charge in [-0.15, -0.1) is 0 Å². The summed E-state index contributed by atoms with van der Waals surface area (Å²) in [5.41, 5.74) is 0.580. The molecule has 0 saturated carbocycles. The van der Waals surface area contributed by atoms with Crippen LogP contribution in [0.4, 0.5) is 0 Å². The van der Waals surface area contributed by atoms with Crippen LogP contribution in [0.15, 0.2) is 53.0 Å². The molecule has 1 atom stereocenters. The second-order valence-corrected chi connectivity index (χ2v) is 5.11. The van der Waals surface area contributed by atoms with Crippen LogP contribution in [-0.4, -0.2) is 11.1 Å². The fraction of sp³-hybridized carbons (Fsp3) is 0.0714. The van der Waals surface area contributed by atoms with Gasteiger partial charge in [-0.05, 0) is 34.1 Å². The summed E-state index contributed by atoms with van der Waals surface area (Å²) in [6.07, 6.45) is -1.06. The number of benzene rings is 2. The summed E-state index contributed by atoms with van der Waals surface area (Å²) in [6, 6.07) is 13.7. The maximum absolute atomic E-state index is 11.3. The molecule has 0 bridgehead atoms. The van der Waals surface area contributed by atoms with E-state index in [0.717, 1.165) is 0 Å². The van der Waals surface area contributed by atoms with Crippen LogP contribution in [0.3, 0.4) is 0 Å². The highest BCUT2D eigenvalue weighted by Gasteiger charge is 2.22. The molecule has 0 fully saturated rings. The summed E-state index contributed by atoms with van der Waals surface area (Å²) in [4.78, 5) is 11.3. The molecular formula is C14H10BrClO3. The molecular weight excluding hydrogens is 332 g/mol. The monoisotopic (exact) mass is 340 g/mol. The van der Waals surface area contributed by atoms with E-state index >= 15 is 0 Å². The van der Waals surface area contributed by atoms with Crippen molar-refractivity contribution < 1.29 is 14.6 Å². The van der Waals surface area contributed by atoms with E-state index in [-0.39, 0.29) is 0 Å². The maximum Gasteiger partial charge on any atom is 0.349 e. The summed E-state index contributed by atoms with van der Waals surface area (Å²) < 4.78 is 6.16. The fourth-order valence-corrected chi connectivity index (χ4v) is 2.36. The van der Waals surface area contributed by atoms with Gasteiger partial charge < -0.3 is 9.84 Å². The van der Waals surface area contributed by atoms with Gasteiger partial charge in [0.25, 0.3) is 0 Å². The summed E-state index contributed by atoms with van der Waals surface area (Å²) >= 11 is 9.13. The molecule has 0 spiro atoms. The Morgan fingerprint density at radius 3 is 2.47 bits per heavy atom. The Kier molecular flexibility index (Phi) is 4.45. The second kappa shape index (κ2) is 6.08. The highest BCUT2D eigenvalue weighted by Crippen LogP contribution is 2.31. The first-order valence-electron chi connectivity index (χ1n) is 5.47. The minimum Gasteiger partial charge on any atom is -0.478 e. The Labute approximate surface area is 123 Å². The van der Waals surface area contributed by atoms with Crippen molar-refractivity contribution in [3.63, 3.8) is 0 Å². The normalized spacial score (nSPS) is 11.9. The summed E-state index contributed by atoms with van der Waals surface area (Å²) in [5, 5.41) is 9.81. The molecule has 98 valence electrons. The number of carbonyl (C=O) groups is 1. The van der Waals surface area contributed by atoms with Crippen molar-refractivity contribution in [1.29, 1.82) is 0 Å². The quantitative estimate of drug-likeness (QED) is 0.901. The summed E-state index contributed by atoms with van der Waals surface area (Å²) in [6.45, 7) is 0. The maximum atomic E-state index is 11.3. The highest BCUT2D eigenvalue weighted by molar-refractivity contribution is 9.10. The van der Waals surface area contributed by atoms with Crippen LogP contribution in [0, 0.1) is 0 Å². The van der Waals surface area contributed by atoms with E-state index in [9.17, 15) is 9.90 Å². The lowest BCUT2D eigenvalue weighted by atomic mass is 10.1. The van der Waals surface area contributed by atoms with Crippen LogP contribution in [0.2, 0.25) is 5.02 Å². The van der Waals surface area contributed by atoms with Gasteiger partial charge in [-0.2, -0.15) is 0 Å². The van der Waals surface area contributed by atoms with Crippen molar-refractivity contribution in [3.8, 4) is 5.75 Å². The van der Waals surface area contributed by atoms with Gasteiger partial charge in [-0.1, -0.05) is 41.9 Å². The molecule has 2 aromatic rings. The molecule has 0 radical (unpaired) electrons. The minimum atomic E-state index is -1.06. The van der Waals surface area contributed by atoms with E-state index in [2.05, 4.69) is 15.9 Å². The smallest absolute Gasteiger partial charge is 0.349 e. The second-order valence-electron chi connectivity index (χ2n) is 3.82. The Hall–Kier alpha value is -1.52. The number of ether oxygens (including phenoxy) is 1. The number of aliphatic carboxylic acids is 1. The molecule has 0 aliphatic carbocycles. The zero-order valence-electron chi connectivity index (χ0n) is 9.72. The third kappa shape index (κ3) is 3.49. The van der Waals surface area contributed by atoms with E-state index in [1.165, 1.54) is 0 Å². The molecule has 0 aromatic heterocycles.